The summed E-state index contributed by atoms with van der Waals surface area (Å²) in [7, 11) is 0. The second-order valence-corrected chi connectivity index (χ2v) is 3.33. The fourth-order valence-electron chi connectivity index (χ4n) is 1.25. The van der Waals surface area contributed by atoms with E-state index in [1.54, 1.807) is 0 Å². The van der Waals surface area contributed by atoms with Crippen LogP contribution in [0, 0.1) is 0 Å². The summed E-state index contributed by atoms with van der Waals surface area (Å²) in [4.78, 5) is 12.2. The van der Waals surface area contributed by atoms with Crippen LogP contribution in [-0.4, -0.2) is 24.1 Å². The molecule has 0 bridgehead atoms. The van der Waals surface area contributed by atoms with Crippen molar-refractivity contribution in [3.63, 3.8) is 0 Å². The van der Waals surface area contributed by atoms with Gasteiger partial charge in [0.1, 0.15) is 0 Å². The molecule has 1 aromatic carbocycles. The van der Waals surface area contributed by atoms with Crippen molar-refractivity contribution in [1.82, 2.24) is 4.90 Å². The van der Waals surface area contributed by atoms with Crippen molar-refractivity contribution in [3.05, 3.63) is 35.4 Å². The first-order chi connectivity index (χ1) is 9.96. The van der Waals surface area contributed by atoms with Gasteiger partial charge in [0.2, 0.25) is 0 Å². The van der Waals surface area contributed by atoms with Crippen LogP contribution in [-0.2, 0) is 17.1 Å². The molecule has 4 heteroatoms. The molecule has 1 saturated heterocycles. The lowest BCUT2D eigenvalue weighted by molar-refractivity contribution is 0.0700. The van der Waals surface area contributed by atoms with Gasteiger partial charge in [0.15, 0.2) is 0 Å². The highest BCUT2D eigenvalue weighted by Crippen LogP contribution is 2.12. The van der Waals surface area contributed by atoms with Gasteiger partial charge in [0, 0.05) is 24.3 Å². The van der Waals surface area contributed by atoms with Crippen molar-refractivity contribution in [3.8, 4) is 0 Å². The second kappa shape index (κ2) is 5.21. The maximum Gasteiger partial charge on any atom is 0.410 e. The number of hydrogen-bond donors (Lipinski definition) is 0. The summed E-state index contributed by atoms with van der Waals surface area (Å²) in [6.45, 7) is -4.74. The molecule has 0 N–H and O–H groups in total. The smallest absolute Gasteiger partial charge is 0.410 e. The van der Waals surface area contributed by atoms with Gasteiger partial charge >= 0.3 is 6.09 Å². The van der Waals surface area contributed by atoms with E-state index < -0.39 is 24.9 Å². The quantitative estimate of drug-likeness (QED) is 0.767. The molecule has 86 valence electrons. The van der Waals surface area contributed by atoms with Crippen LogP contribution in [0.1, 0.15) is 25.8 Å². The molecule has 0 spiro atoms. The lowest BCUT2D eigenvalue weighted by Crippen LogP contribution is -2.37. The summed E-state index contributed by atoms with van der Waals surface area (Å²) < 4.78 is 51.4. The number of cyclic esters (lactones) is 1. The highest BCUT2D eigenvalue weighted by atomic mass is 35.5. The van der Waals surface area contributed by atoms with E-state index in [0.29, 0.717) is 4.90 Å². The summed E-state index contributed by atoms with van der Waals surface area (Å²) in [5.41, 5.74) is 0.137. The number of ether oxygens (including phenoxy) is 1. The summed E-state index contributed by atoms with van der Waals surface area (Å²) in [5, 5.41) is 0. The molecule has 2 rings (SSSR count). The second-order valence-electron chi connectivity index (χ2n) is 3.14. The number of benzene rings is 1. The van der Waals surface area contributed by atoms with Gasteiger partial charge in [-0.15, -0.1) is 11.6 Å². The van der Waals surface area contributed by atoms with Crippen LogP contribution in [0.4, 0.5) is 4.79 Å². The van der Waals surface area contributed by atoms with Crippen LogP contribution in [0.5, 0.6) is 0 Å². The minimum absolute atomic E-state index is 0.000100. The first kappa shape index (κ1) is 5.92. The largest absolute Gasteiger partial charge is 0.449 e. The Morgan fingerprint density at radius 1 is 1.44 bits per heavy atom. The van der Waals surface area contributed by atoms with Crippen LogP contribution in [0.15, 0.2) is 24.3 Å². The number of carbonyl (C=O) groups is 1. The molecule has 0 saturated carbocycles. The summed E-state index contributed by atoms with van der Waals surface area (Å²) in [5.74, 6) is -2.09. The van der Waals surface area contributed by atoms with Crippen LogP contribution >= 0.6 is 11.6 Å². The van der Waals surface area contributed by atoms with Gasteiger partial charge in [-0.25, -0.2) is 4.79 Å². The third-order valence-corrected chi connectivity index (χ3v) is 2.23. The molecule has 1 fully saturated rings. The number of halogens is 1. The van der Waals surface area contributed by atoms with Crippen LogP contribution in [0.25, 0.3) is 0 Å². The van der Waals surface area contributed by atoms with Crippen molar-refractivity contribution in [2.75, 3.05) is 13.1 Å². The molecule has 1 amide bonds. The Morgan fingerprint density at radius 2 is 2.12 bits per heavy atom. The Labute approximate surface area is 108 Å². The van der Waals surface area contributed by atoms with Crippen molar-refractivity contribution >= 4 is 17.7 Å². The summed E-state index contributed by atoms with van der Waals surface area (Å²) in [6.07, 6.45) is -1.21. The van der Waals surface area contributed by atoms with E-state index in [9.17, 15) is 4.79 Å². The Kier molecular flexibility index (Phi) is 1.93. The fraction of sp³-hybridized carbons (Fsp3) is 0.417. The van der Waals surface area contributed by atoms with E-state index in [1.807, 2.05) is 0 Å². The van der Waals surface area contributed by atoms with E-state index in [-0.39, 0.29) is 24.2 Å². The highest BCUT2D eigenvalue weighted by Gasteiger charge is 2.19. The van der Waals surface area contributed by atoms with Crippen molar-refractivity contribution in [1.29, 1.82) is 0 Å². The molecule has 0 aromatic heterocycles. The van der Waals surface area contributed by atoms with E-state index >= 15 is 0 Å². The maximum absolute atomic E-state index is 11.8. The summed E-state index contributed by atoms with van der Waals surface area (Å²) in [6, 6.07) is 5.14. The third-order valence-electron chi connectivity index (χ3n) is 2.02. The minimum atomic E-state index is -2.45. The number of rotatable bonds is 3. The molecule has 1 aliphatic heterocycles. The molecule has 1 heterocycles. The van der Waals surface area contributed by atoms with E-state index in [1.165, 1.54) is 24.3 Å². The number of carbonyl (C=O) groups excluding carboxylic acids is 1. The van der Waals surface area contributed by atoms with Gasteiger partial charge in [-0.3, -0.25) is 0 Å². The van der Waals surface area contributed by atoms with Gasteiger partial charge in [-0.1, -0.05) is 24.3 Å². The molecule has 3 nitrogen and oxygen atoms in total. The number of alkyl halides is 1. The lowest BCUT2D eigenvalue weighted by Gasteiger charge is -2.26. The average molecular weight is 246 g/mol. The van der Waals surface area contributed by atoms with E-state index in [2.05, 4.69) is 0 Å². The highest BCUT2D eigenvalue weighted by molar-refractivity contribution is 6.17. The topological polar surface area (TPSA) is 29.5 Å². The molecule has 0 atom stereocenters. The number of nitrogens with zero attached hydrogens (tertiary/aromatic N) is 1. The molecule has 1 aliphatic rings. The van der Waals surface area contributed by atoms with Crippen LogP contribution in [0.3, 0.4) is 0 Å². The van der Waals surface area contributed by atoms with Crippen molar-refractivity contribution < 1.29 is 17.8 Å². The molecular formula is C12H14ClNO2. The Bertz CT molecular complexity index is 572. The first-order valence-electron chi connectivity index (χ1n) is 7.73. The average Bonchev–Trinajstić information content (AvgIpc) is 2.36. The zero-order valence-electron chi connectivity index (χ0n) is 14.4. The standard InChI is InChI=1S/C12H14ClNO2/c13-8-10-2-4-11(5-3-10)9-14-6-1-7-16-12(14)15/h2-5H,1,6-9H2/i6D2,8D2,9D2. The normalized spacial score (nSPS) is 26.6. The fourth-order valence-corrected chi connectivity index (χ4v) is 1.37. The SMILES string of the molecule is [2H]C([2H])(Cl)c1ccc(C([2H])([2H])N2C(=O)OCCC2([2H])[2H])cc1. The predicted molar refractivity (Wildman–Crippen MR) is 62.4 cm³/mol. The Hall–Kier alpha value is -1.22. The van der Waals surface area contributed by atoms with Gasteiger partial charge in [-0.2, -0.15) is 0 Å². The predicted octanol–water partition coefficient (Wildman–Crippen LogP) is 2.77. The van der Waals surface area contributed by atoms with Crippen LogP contribution in [0.2, 0.25) is 0 Å². The van der Waals surface area contributed by atoms with E-state index in [0.717, 1.165) is 0 Å². The van der Waals surface area contributed by atoms with Gasteiger partial charge in [0.05, 0.1) is 9.35 Å². The zero-order chi connectivity index (χ0) is 16.8. The number of amides is 1. The van der Waals surface area contributed by atoms with Gasteiger partial charge in [-0.05, 0) is 17.5 Å². The van der Waals surface area contributed by atoms with Gasteiger partial charge < -0.3 is 9.64 Å². The first-order valence-corrected chi connectivity index (χ1v) is 5.11. The molecular weight excluding hydrogens is 226 g/mol. The summed E-state index contributed by atoms with van der Waals surface area (Å²) >= 11 is 5.54. The maximum atomic E-state index is 11.8. The monoisotopic (exact) mass is 245 g/mol. The lowest BCUT2D eigenvalue weighted by atomic mass is 10.1. The Morgan fingerprint density at radius 3 is 2.75 bits per heavy atom. The Balaban J connectivity index is 2.39. The number of hydrogen-bond acceptors (Lipinski definition) is 2. The molecule has 0 radical (unpaired) electrons. The van der Waals surface area contributed by atoms with Crippen molar-refractivity contribution in [2.24, 2.45) is 0 Å². The molecule has 0 unspecified atom stereocenters. The minimum Gasteiger partial charge on any atom is -0.449 e. The molecule has 0 aliphatic carbocycles. The zero-order valence-corrected chi connectivity index (χ0v) is 9.12. The third kappa shape index (κ3) is 2.67. The molecule has 1 aromatic rings. The molecule has 16 heavy (non-hydrogen) atoms. The van der Waals surface area contributed by atoms with Crippen LogP contribution < -0.4 is 0 Å². The van der Waals surface area contributed by atoms with Gasteiger partial charge in [0.25, 0.3) is 0 Å². The van der Waals surface area contributed by atoms with E-state index in [4.69, 9.17) is 24.6 Å². The van der Waals surface area contributed by atoms with Crippen molar-refractivity contribution in [2.45, 2.75) is 18.7 Å².